The molecule has 7 heteroatoms. The lowest BCUT2D eigenvalue weighted by Gasteiger charge is -2.28. The van der Waals surface area contributed by atoms with Crippen LogP contribution in [0, 0.1) is 5.92 Å². The Bertz CT molecular complexity index is 526. The summed E-state index contributed by atoms with van der Waals surface area (Å²) in [5, 5.41) is 2.96. The van der Waals surface area contributed by atoms with Crippen molar-refractivity contribution in [2.24, 2.45) is 5.92 Å². The van der Waals surface area contributed by atoms with E-state index in [-0.39, 0.29) is 17.4 Å². The number of hydrogen-bond acceptors (Lipinski definition) is 5. The number of rotatable bonds is 6. The Kier molecular flexibility index (Phi) is 4.49. The average Bonchev–Trinajstić information content (AvgIpc) is 3.06. The first-order chi connectivity index (χ1) is 10.4. The van der Waals surface area contributed by atoms with Crippen LogP contribution >= 0.6 is 0 Å². The van der Waals surface area contributed by atoms with Gasteiger partial charge in [0.25, 0.3) is 0 Å². The second kappa shape index (κ2) is 6.09. The molecule has 2 aliphatic heterocycles. The average molecular weight is 330 g/mol. The van der Waals surface area contributed by atoms with Crippen LogP contribution in [-0.4, -0.2) is 68.6 Å². The molecular formula is C15H26N2O4S. The summed E-state index contributed by atoms with van der Waals surface area (Å²) in [5.41, 5.74) is -0.596. The largest absolute Gasteiger partial charge is 0.381 e. The van der Waals surface area contributed by atoms with E-state index in [9.17, 15) is 13.2 Å². The minimum absolute atomic E-state index is 0.0505. The van der Waals surface area contributed by atoms with Crippen molar-refractivity contribution >= 4 is 15.7 Å². The number of nitrogens with zero attached hydrogens (tertiary/aromatic N) is 1. The molecule has 0 unspecified atom stereocenters. The van der Waals surface area contributed by atoms with Crippen LogP contribution < -0.4 is 5.32 Å². The summed E-state index contributed by atoms with van der Waals surface area (Å²) < 4.78 is 28.7. The standard InChI is InChI=1S/C15H26N2O4S/c1-15(5-7-22(19,20)11-15)16-14(18)9-17(13-2-3-13)8-12-4-6-21-10-12/h12-13H,2-11H2,1H3,(H,16,18)/t12-,15+/m0/s1. The van der Waals surface area contributed by atoms with Crippen molar-refractivity contribution in [3.63, 3.8) is 0 Å². The zero-order chi connectivity index (χ0) is 15.8. The number of carbonyl (C=O) groups is 1. The minimum atomic E-state index is -3.00. The molecule has 0 aromatic carbocycles. The predicted octanol–water partition coefficient (Wildman–Crippen LogP) is 0.181. The molecule has 2 saturated heterocycles. The second-order valence-corrected chi connectivity index (χ2v) is 9.53. The summed E-state index contributed by atoms with van der Waals surface area (Å²) in [6.45, 7) is 4.73. The molecule has 3 fully saturated rings. The van der Waals surface area contributed by atoms with E-state index in [2.05, 4.69) is 10.2 Å². The summed E-state index contributed by atoms with van der Waals surface area (Å²) in [4.78, 5) is 14.6. The number of hydrogen-bond donors (Lipinski definition) is 1. The molecule has 2 heterocycles. The van der Waals surface area contributed by atoms with Crippen molar-refractivity contribution in [2.45, 2.75) is 44.2 Å². The third-order valence-corrected chi connectivity index (χ3v) is 6.77. The van der Waals surface area contributed by atoms with Crippen LogP contribution in [0.2, 0.25) is 0 Å². The van der Waals surface area contributed by atoms with Gasteiger partial charge in [-0.1, -0.05) is 0 Å². The fourth-order valence-corrected chi connectivity index (χ4v) is 5.60. The zero-order valence-corrected chi connectivity index (χ0v) is 14.0. The Morgan fingerprint density at radius 1 is 1.36 bits per heavy atom. The first-order valence-electron chi connectivity index (χ1n) is 8.18. The molecular weight excluding hydrogens is 304 g/mol. The normalized spacial score (nSPS) is 34.2. The minimum Gasteiger partial charge on any atom is -0.381 e. The van der Waals surface area contributed by atoms with Crippen LogP contribution in [0.1, 0.15) is 32.6 Å². The molecule has 0 aromatic heterocycles. The molecule has 6 nitrogen and oxygen atoms in total. The fourth-order valence-electron chi connectivity index (χ4n) is 3.51. The summed E-state index contributed by atoms with van der Waals surface area (Å²) in [6.07, 6.45) is 3.90. The number of sulfone groups is 1. The van der Waals surface area contributed by atoms with Crippen molar-refractivity contribution in [1.82, 2.24) is 10.2 Å². The lowest BCUT2D eigenvalue weighted by molar-refractivity contribution is -0.124. The molecule has 1 amide bonds. The van der Waals surface area contributed by atoms with E-state index in [1.165, 1.54) is 0 Å². The van der Waals surface area contributed by atoms with Gasteiger partial charge >= 0.3 is 0 Å². The molecule has 1 saturated carbocycles. The summed E-state index contributed by atoms with van der Waals surface area (Å²) in [5.74, 6) is 0.711. The Balaban J connectivity index is 1.52. The van der Waals surface area contributed by atoms with Crippen LogP contribution in [-0.2, 0) is 19.4 Å². The molecule has 1 aliphatic carbocycles. The quantitative estimate of drug-likeness (QED) is 0.752. The Labute approximate surface area is 132 Å². The third kappa shape index (κ3) is 4.20. The van der Waals surface area contributed by atoms with Crippen LogP contribution in [0.5, 0.6) is 0 Å². The molecule has 1 N–H and O–H groups in total. The highest BCUT2D eigenvalue weighted by Crippen LogP contribution is 2.29. The highest BCUT2D eigenvalue weighted by molar-refractivity contribution is 7.91. The van der Waals surface area contributed by atoms with Crippen molar-refractivity contribution in [3.8, 4) is 0 Å². The molecule has 0 spiro atoms. The molecule has 2 atom stereocenters. The van der Waals surface area contributed by atoms with Crippen molar-refractivity contribution in [2.75, 3.05) is 37.8 Å². The Morgan fingerprint density at radius 3 is 2.68 bits per heavy atom. The van der Waals surface area contributed by atoms with Gasteiger partial charge in [0, 0.05) is 19.2 Å². The van der Waals surface area contributed by atoms with Gasteiger partial charge in [-0.2, -0.15) is 0 Å². The maximum Gasteiger partial charge on any atom is 0.234 e. The van der Waals surface area contributed by atoms with Crippen LogP contribution in [0.4, 0.5) is 0 Å². The third-order valence-electron chi connectivity index (χ3n) is 4.87. The first kappa shape index (κ1) is 16.2. The highest BCUT2D eigenvalue weighted by Gasteiger charge is 2.40. The molecule has 126 valence electrons. The number of nitrogens with one attached hydrogen (secondary N) is 1. The topological polar surface area (TPSA) is 75.7 Å². The maximum absolute atomic E-state index is 12.4. The van der Waals surface area contributed by atoms with Gasteiger partial charge in [0.2, 0.25) is 5.91 Å². The van der Waals surface area contributed by atoms with Crippen molar-refractivity contribution < 1.29 is 17.9 Å². The second-order valence-electron chi connectivity index (χ2n) is 7.34. The SMILES string of the molecule is C[C@@]1(NC(=O)CN(C[C@@H]2CCOC2)C2CC2)CCS(=O)(=O)C1. The molecule has 0 radical (unpaired) electrons. The highest BCUT2D eigenvalue weighted by atomic mass is 32.2. The van der Waals surface area contributed by atoms with E-state index in [4.69, 9.17) is 4.74 Å². The monoisotopic (exact) mass is 330 g/mol. The van der Waals surface area contributed by atoms with Crippen molar-refractivity contribution in [3.05, 3.63) is 0 Å². The maximum atomic E-state index is 12.4. The Hall–Kier alpha value is -0.660. The van der Waals surface area contributed by atoms with Crippen molar-refractivity contribution in [1.29, 1.82) is 0 Å². The van der Waals surface area contributed by atoms with Gasteiger partial charge in [-0.25, -0.2) is 8.42 Å². The number of amides is 1. The van der Waals surface area contributed by atoms with E-state index in [0.717, 1.165) is 39.0 Å². The van der Waals surface area contributed by atoms with Crippen LogP contribution in [0.25, 0.3) is 0 Å². The van der Waals surface area contributed by atoms with E-state index in [1.54, 1.807) is 0 Å². The van der Waals surface area contributed by atoms with Crippen LogP contribution in [0.15, 0.2) is 0 Å². The van der Waals surface area contributed by atoms with Gasteiger partial charge in [0.15, 0.2) is 9.84 Å². The van der Waals surface area contributed by atoms with Gasteiger partial charge in [0.05, 0.1) is 30.2 Å². The molecule has 0 aromatic rings. The summed E-state index contributed by atoms with van der Waals surface area (Å²) in [7, 11) is -3.00. The predicted molar refractivity (Wildman–Crippen MR) is 83.3 cm³/mol. The lowest BCUT2D eigenvalue weighted by Crippen LogP contribution is -2.51. The van der Waals surface area contributed by atoms with E-state index in [1.807, 2.05) is 6.92 Å². The molecule has 3 aliphatic rings. The summed E-state index contributed by atoms with van der Waals surface area (Å²) >= 11 is 0. The first-order valence-corrected chi connectivity index (χ1v) is 10.0. The number of carbonyl (C=O) groups excluding carboxylic acids is 1. The van der Waals surface area contributed by atoms with Gasteiger partial charge in [-0.05, 0) is 38.5 Å². The molecule has 0 bridgehead atoms. The van der Waals surface area contributed by atoms with E-state index < -0.39 is 15.4 Å². The lowest BCUT2D eigenvalue weighted by atomic mass is 10.0. The van der Waals surface area contributed by atoms with Gasteiger partial charge < -0.3 is 10.1 Å². The van der Waals surface area contributed by atoms with Gasteiger partial charge in [0.1, 0.15) is 0 Å². The van der Waals surface area contributed by atoms with E-state index in [0.29, 0.717) is 24.9 Å². The summed E-state index contributed by atoms with van der Waals surface area (Å²) in [6, 6.07) is 0.520. The van der Waals surface area contributed by atoms with Gasteiger partial charge in [-0.3, -0.25) is 9.69 Å². The fraction of sp³-hybridized carbons (Fsp3) is 0.933. The van der Waals surface area contributed by atoms with Gasteiger partial charge in [-0.15, -0.1) is 0 Å². The van der Waals surface area contributed by atoms with Crippen LogP contribution in [0.3, 0.4) is 0 Å². The smallest absolute Gasteiger partial charge is 0.234 e. The Morgan fingerprint density at radius 2 is 2.14 bits per heavy atom. The zero-order valence-electron chi connectivity index (χ0n) is 13.2. The molecule has 3 rings (SSSR count). The molecule has 22 heavy (non-hydrogen) atoms. The number of ether oxygens (including phenoxy) is 1. The van der Waals surface area contributed by atoms with E-state index >= 15 is 0 Å².